The fourth-order valence-corrected chi connectivity index (χ4v) is 1.69. The minimum absolute atomic E-state index is 0.250. The summed E-state index contributed by atoms with van der Waals surface area (Å²) < 4.78 is 13.0. The molecule has 0 aliphatic carbocycles. The van der Waals surface area contributed by atoms with Gasteiger partial charge in [0.25, 0.3) is 0 Å². The third-order valence-electron chi connectivity index (χ3n) is 2.01. The van der Waals surface area contributed by atoms with Gasteiger partial charge in [-0.25, -0.2) is 9.37 Å². The van der Waals surface area contributed by atoms with Crippen molar-refractivity contribution in [3.8, 4) is 0 Å². The topological polar surface area (TPSA) is 50.9 Å². The molecule has 2 rings (SSSR count). The number of halogens is 3. The van der Waals surface area contributed by atoms with E-state index in [1.54, 1.807) is 6.07 Å². The number of anilines is 3. The number of nitrogens with zero attached hydrogens (tertiary/aromatic N) is 1. The van der Waals surface area contributed by atoms with Crippen molar-refractivity contribution in [1.82, 2.24) is 4.98 Å². The Morgan fingerprint density at radius 3 is 2.65 bits per heavy atom. The van der Waals surface area contributed by atoms with Crippen molar-refractivity contribution < 1.29 is 4.39 Å². The molecule has 1 aromatic carbocycles. The van der Waals surface area contributed by atoms with Crippen LogP contribution in [0.2, 0.25) is 10.2 Å². The van der Waals surface area contributed by atoms with Crippen LogP contribution in [0, 0.1) is 5.82 Å². The van der Waals surface area contributed by atoms with Crippen LogP contribution in [0.3, 0.4) is 0 Å². The van der Waals surface area contributed by atoms with Gasteiger partial charge in [0, 0.05) is 11.8 Å². The molecule has 17 heavy (non-hydrogen) atoms. The van der Waals surface area contributed by atoms with Crippen molar-refractivity contribution in [3.05, 3.63) is 46.3 Å². The smallest absolute Gasteiger partial charge is 0.134 e. The Hall–Kier alpha value is -1.52. The molecule has 2 aromatic rings. The van der Waals surface area contributed by atoms with E-state index in [2.05, 4.69) is 10.3 Å². The number of aromatic nitrogens is 1. The first kappa shape index (κ1) is 12.0. The molecule has 0 atom stereocenters. The van der Waals surface area contributed by atoms with Gasteiger partial charge in [0.1, 0.15) is 16.8 Å². The molecule has 6 heteroatoms. The molecule has 0 radical (unpaired) electrons. The van der Waals surface area contributed by atoms with Gasteiger partial charge in [-0.15, -0.1) is 0 Å². The van der Waals surface area contributed by atoms with Crippen LogP contribution in [0.5, 0.6) is 0 Å². The Morgan fingerprint density at radius 1 is 1.18 bits per heavy atom. The molecule has 88 valence electrons. The zero-order valence-electron chi connectivity index (χ0n) is 8.55. The molecule has 0 fully saturated rings. The monoisotopic (exact) mass is 271 g/mol. The Balaban J connectivity index is 2.34. The number of rotatable bonds is 2. The first-order chi connectivity index (χ1) is 8.04. The summed E-state index contributed by atoms with van der Waals surface area (Å²) >= 11 is 11.7. The molecule has 0 aliphatic rings. The lowest BCUT2D eigenvalue weighted by Crippen LogP contribution is -1.97. The van der Waals surface area contributed by atoms with Crippen LogP contribution in [-0.2, 0) is 0 Å². The zero-order valence-corrected chi connectivity index (χ0v) is 10.1. The highest BCUT2D eigenvalue weighted by molar-refractivity contribution is 6.33. The van der Waals surface area contributed by atoms with E-state index in [-0.39, 0.29) is 5.15 Å². The maximum absolute atomic E-state index is 13.0. The average molecular weight is 272 g/mol. The Kier molecular flexibility index (Phi) is 3.36. The summed E-state index contributed by atoms with van der Waals surface area (Å²) in [4.78, 5) is 3.99. The Bertz CT molecular complexity index is 540. The second kappa shape index (κ2) is 4.77. The number of hydrogen-bond donors (Lipinski definition) is 2. The van der Waals surface area contributed by atoms with Crippen LogP contribution >= 0.6 is 23.2 Å². The molecule has 0 unspecified atom stereocenters. The fraction of sp³-hybridized carbons (Fsp3) is 0. The molecule has 0 amide bonds. The SMILES string of the molecule is Nc1cc(Cl)nc(Nc2cc(F)ccc2Cl)c1. The van der Waals surface area contributed by atoms with Crippen molar-refractivity contribution >= 4 is 40.4 Å². The highest BCUT2D eigenvalue weighted by Gasteiger charge is 2.05. The van der Waals surface area contributed by atoms with Gasteiger partial charge in [0.2, 0.25) is 0 Å². The van der Waals surface area contributed by atoms with Crippen molar-refractivity contribution in [2.24, 2.45) is 0 Å². The molecule has 1 heterocycles. The van der Waals surface area contributed by atoms with Gasteiger partial charge in [-0.3, -0.25) is 0 Å². The molecular formula is C11H8Cl2FN3. The summed E-state index contributed by atoms with van der Waals surface area (Å²) in [7, 11) is 0. The second-order valence-corrected chi connectivity index (χ2v) is 4.15. The van der Waals surface area contributed by atoms with Gasteiger partial charge in [-0.1, -0.05) is 23.2 Å². The van der Waals surface area contributed by atoms with Crippen LogP contribution in [0.15, 0.2) is 30.3 Å². The first-order valence-corrected chi connectivity index (χ1v) is 5.45. The minimum atomic E-state index is -0.396. The number of nitrogens with one attached hydrogen (secondary N) is 1. The Labute approximate surface area is 107 Å². The fourth-order valence-electron chi connectivity index (χ4n) is 1.31. The summed E-state index contributed by atoms with van der Waals surface area (Å²) in [6.45, 7) is 0. The third-order valence-corrected chi connectivity index (χ3v) is 2.53. The third kappa shape index (κ3) is 2.99. The molecule has 0 saturated heterocycles. The first-order valence-electron chi connectivity index (χ1n) is 4.70. The van der Waals surface area contributed by atoms with E-state index < -0.39 is 5.82 Å². The lowest BCUT2D eigenvalue weighted by Gasteiger charge is -2.08. The van der Waals surface area contributed by atoms with E-state index in [1.807, 2.05) is 0 Å². The molecule has 3 nitrogen and oxygen atoms in total. The summed E-state index contributed by atoms with van der Waals surface area (Å²) in [6, 6.07) is 7.08. The van der Waals surface area contributed by atoms with Crippen LogP contribution in [0.1, 0.15) is 0 Å². The predicted molar refractivity (Wildman–Crippen MR) is 68.4 cm³/mol. The molecule has 0 aliphatic heterocycles. The average Bonchev–Trinajstić information content (AvgIpc) is 2.22. The van der Waals surface area contributed by atoms with Crippen molar-refractivity contribution in [2.75, 3.05) is 11.1 Å². The molecule has 0 spiro atoms. The number of hydrogen-bond acceptors (Lipinski definition) is 3. The van der Waals surface area contributed by atoms with Gasteiger partial charge in [0.05, 0.1) is 10.7 Å². The zero-order chi connectivity index (χ0) is 12.4. The van der Waals surface area contributed by atoms with Crippen LogP contribution < -0.4 is 11.1 Å². The van der Waals surface area contributed by atoms with Crippen molar-refractivity contribution in [1.29, 1.82) is 0 Å². The van der Waals surface area contributed by atoms with Crippen molar-refractivity contribution in [2.45, 2.75) is 0 Å². The maximum atomic E-state index is 13.0. The van der Waals surface area contributed by atoms with Gasteiger partial charge < -0.3 is 11.1 Å². The second-order valence-electron chi connectivity index (χ2n) is 3.36. The van der Waals surface area contributed by atoms with E-state index in [0.29, 0.717) is 22.2 Å². The van der Waals surface area contributed by atoms with Crippen molar-refractivity contribution in [3.63, 3.8) is 0 Å². The van der Waals surface area contributed by atoms with Gasteiger partial charge in [0.15, 0.2) is 0 Å². The highest BCUT2D eigenvalue weighted by Crippen LogP contribution is 2.26. The number of nitrogen functional groups attached to an aromatic ring is 1. The largest absolute Gasteiger partial charge is 0.399 e. The van der Waals surface area contributed by atoms with E-state index in [9.17, 15) is 4.39 Å². The maximum Gasteiger partial charge on any atom is 0.134 e. The summed E-state index contributed by atoms with van der Waals surface area (Å²) in [6.07, 6.45) is 0. The number of nitrogens with two attached hydrogens (primary N) is 1. The predicted octanol–water partition coefficient (Wildman–Crippen LogP) is 3.85. The van der Waals surface area contributed by atoms with E-state index >= 15 is 0 Å². The van der Waals surface area contributed by atoms with E-state index in [0.717, 1.165) is 0 Å². The molecule has 0 bridgehead atoms. The molecule has 1 aromatic heterocycles. The molecule has 3 N–H and O–H groups in total. The lowest BCUT2D eigenvalue weighted by atomic mass is 10.3. The molecular weight excluding hydrogens is 264 g/mol. The van der Waals surface area contributed by atoms with Gasteiger partial charge in [-0.2, -0.15) is 0 Å². The summed E-state index contributed by atoms with van der Waals surface area (Å²) in [5.41, 5.74) is 6.47. The number of pyridine rings is 1. The quantitative estimate of drug-likeness (QED) is 0.816. The normalized spacial score (nSPS) is 10.3. The van der Waals surface area contributed by atoms with E-state index in [4.69, 9.17) is 28.9 Å². The summed E-state index contributed by atoms with van der Waals surface area (Å²) in [5.74, 6) is 0.00870. The standard InChI is InChI=1S/C11H8Cl2FN3/c12-8-2-1-6(14)3-9(8)16-11-5-7(15)4-10(13)17-11/h1-5H,(H3,15,16,17). The number of benzene rings is 1. The van der Waals surface area contributed by atoms with E-state index in [1.165, 1.54) is 24.3 Å². The van der Waals surface area contributed by atoms with Gasteiger partial charge in [-0.05, 0) is 24.3 Å². The Morgan fingerprint density at radius 2 is 1.94 bits per heavy atom. The van der Waals surface area contributed by atoms with Crippen LogP contribution in [0.25, 0.3) is 0 Å². The van der Waals surface area contributed by atoms with Gasteiger partial charge >= 0.3 is 0 Å². The minimum Gasteiger partial charge on any atom is -0.399 e. The summed E-state index contributed by atoms with van der Waals surface area (Å²) in [5, 5.41) is 3.48. The van der Waals surface area contributed by atoms with Crippen LogP contribution in [0.4, 0.5) is 21.6 Å². The lowest BCUT2D eigenvalue weighted by molar-refractivity contribution is 0.628. The highest BCUT2D eigenvalue weighted by atomic mass is 35.5. The molecule has 0 saturated carbocycles. The van der Waals surface area contributed by atoms with Crippen LogP contribution in [-0.4, -0.2) is 4.98 Å².